The number of rotatable bonds is 5. The smallest absolute Gasteiger partial charge is 0.373 e. The zero-order chi connectivity index (χ0) is 13.7. The molecule has 0 radical (unpaired) electrons. The normalized spacial score (nSPS) is 15.7. The van der Waals surface area contributed by atoms with Crippen LogP contribution in [0.1, 0.15) is 49.9 Å². The van der Waals surface area contributed by atoms with E-state index in [2.05, 4.69) is 0 Å². The molecule has 1 aliphatic carbocycles. The number of carbonyl (C=O) groups excluding carboxylic acids is 1. The molecule has 0 aromatic heterocycles. The fourth-order valence-corrected chi connectivity index (χ4v) is 2.09. The predicted octanol–water partition coefficient (Wildman–Crippen LogP) is 3.50. The van der Waals surface area contributed by atoms with E-state index in [9.17, 15) is 4.79 Å². The summed E-state index contributed by atoms with van der Waals surface area (Å²) < 4.78 is 5.51. The number of carbonyl (C=O) groups is 1. The maximum atomic E-state index is 11.7. The summed E-state index contributed by atoms with van der Waals surface area (Å²) in [5.74, 6) is 0.284. The van der Waals surface area contributed by atoms with Crippen LogP contribution in [-0.2, 0) is 9.78 Å². The van der Waals surface area contributed by atoms with Gasteiger partial charge in [-0.3, -0.25) is 4.89 Å². The third kappa shape index (κ3) is 4.24. The molecule has 0 saturated heterocycles. The fourth-order valence-electron chi connectivity index (χ4n) is 2.09. The lowest BCUT2D eigenvalue weighted by Crippen LogP contribution is -2.13. The van der Waals surface area contributed by atoms with Gasteiger partial charge >= 0.3 is 5.97 Å². The number of hydrogen-bond acceptors (Lipinski definition) is 4. The van der Waals surface area contributed by atoms with Gasteiger partial charge in [0.25, 0.3) is 0 Å². The molecule has 0 spiro atoms. The van der Waals surface area contributed by atoms with Crippen LogP contribution in [0, 0.1) is 0 Å². The molecule has 1 saturated carbocycles. The standard InChI is InChI=1S/C15H20O4/c1-11(2)17-13-9-7-12(8-10-13)15(16)19-18-14-5-3-4-6-14/h7-11,14H,3-6H2,1-2H3. The Kier molecular flexibility index (Phi) is 4.80. The Bertz CT molecular complexity index is 405. The maximum absolute atomic E-state index is 11.7. The Morgan fingerprint density at radius 3 is 2.37 bits per heavy atom. The van der Waals surface area contributed by atoms with Crippen molar-refractivity contribution in [2.45, 2.75) is 51.7 Å². The predicted molar refractivity (Wildman–Crippen MR) is 71.0 cm³/mol. The molecule has 0 heterocycles. The first kappa shape index (κ1) is 13.9. The monoisotopic (exact) mass is 264 g/mol. The van der Waals surface area contributed by atoms with E-state index in [-0.39, 0.29) is 12.2 Å². The second-order valence-corrected chi connectivity index (χ2v) is 5.06. The number of ether oxygens (including phenoxy) is 1. The molecule has 19 heavy (non-hydrogen) atoms. The van der Waals surface area contributed by atoms with E-state index in [4.69, 9.17) is 14.5 Å². The van der Waals surface area contributed by atoms with Crippen LogP contribution in [0.3, 0.4) is 0 Å². The first-order valence-corrected chi connectivity index (χ1v) is 6.79. The first-order valence-electron chi connectivity index (χ1n) is 6.79. The highest BCUT2D eigenvalue weighted by atomic mass is 17.2. The average molecular weight is 264 g/mol. The van der Waals surface area contributed by atoms with Gasteiger partial charge in [-0.15, -0.1) is 0 Å². The van der Waals surface area contributed by atoms with Gasteiger partial charge in [0, 0.05) is 0 Å². The molecule has 0 N–H and O–H groups in total. The van der Waals surface area contributed by atoms with E-state index >= 15 is 0 Å². The number of benzene rings is 1. The van der Waals surface area contributed by atoms with Gasteiger partial charge in [-0.2, -0.15) is 4.89 Å². The third-order valence-corrected chi connectivity index (χ3v) is 3.02. The Morgan fingerprint density at radius 1 is 1.16 bits per heavy atom. The van der Waals surface area contributed by atoms with Crippen molar-refractivity contribution in [3.05, 3.63) is 29.8 Å². The molecule has 4 nitrogen and oxygen atoms in total. The molecular formula is C15H20O4. The molecule has 1 fully saturated rings. The molecule has 4 heteroatoms. The third-order valence-electron chi connectivity index (χ3n) is 3.02. The maximum Gasteiger partial charge on any atom is 0.373 e. The molecule has 2 rings (SSSR count). The zero-order valence-corrected chi connectivity index (χ0v) is 11.4. The van der Waals surface area contributed by atoms with Crippen molar-refractivity contribution in [3.63, 3.8) is 0 Å². The van der Waals surface area contributed by atoms with Gasteiger partial charge in [-0.1, -0.05) is 12.8 Å². The van der Waals surface area contributed by atoms with Crippen LogP contribution in [0.15, 0.2) is 24.3 Å². The molecule has 1 aromatic rings. The molecule has 1 aliphatic rings. The Labute approximate surface area is 113 Å². The summed E-state index contributed by atoms with van der Waals surface area (Å²) in [5.41, 5.74) is 0.467. The Hall–Kier alpha value is -1.55. The summed E-state index contributed by atoms with van der Waals surface area (Å²) in [4.78, 5) is 21.7. The van der Waals surface area contributed by atoms with Crippen molar-refractivity contribution in [2.75, 3.05) is 0 Å². The van der Waals surface area contributed by atoms with Crippen LogP contribution < -0.4 is 4.74 Å². The molecule has 104 valence electrons. The van der Waals surface area contributed by atoms with E-state index < -0.39 is 5.97 Å². The van der Waals surface area contributed by atoms with Crippen molar-refractivity contribution < 1.29 is 19.3 Å². The highest BCUT2D eigenvalue weighted by Gasteiger charge is 2.19. The van der Waals surface area contributed by atoms with E-state index in [0.717, 1.165) is 31.4 Å². The van der Waals surface area contributed by atoms with Crippen LogP contribution in [0.25, 0.3) is 0 Å². The molecule has 0 unspecified atom stereocenters. The van der Waals surface area contributed by atoms with Crippen molar-refractivity contribution in [3.8, 4) is 5.75 Å². The van der Waals surface area contributed by atoms with Gasteiger partial charge in [0.15, 0.2) is 0 Å². The summed E-state index contributed by atoms with van der Waals surface area (Å²) in [7, 11) is 0. The first-order chi connectivity index (χ1) is 9.15. The molecular weight excluding hydrogens is 244 g/mol. The lowest BCUT2D eigenvalue weighted by Gasteiger charge is -2.11. The van der Waals surface area contributed by atoms with Crippen LogP contribution in [0.4, 0.5) is 0 Å². The van der Waals surface area contributed by atoms with Gasteiger partial charge in [-0.25, -0.2) is 4.79 Å². The second kappa shape index (κ2) is 6.57. The van der Waals surface area contributed by atoms with E-state index in [1.807, 2.05) is 13.8 Å². The zero-order valence-electron chi connectivity index (χ0n) is 11.4. The van der Waals surface area contributed by atoms with Crippen molar-refractivity contribution in [2.24, 2.45) is 0 Å². The fraction of sp³-hybridized carbons (Fsp3) is 0.533. The molecule has 0 aliphatic heterocycles. The summed E-state index contributed by atoms with van der Waals surface area (Å²) >= 11 is 0. The largest absolute Gasteiger partial charge is 0.491 e. The van der Waals surface area contributed by atoms with Crippen LogP contribution >= 0.6 is 0 Å². The molecule has 1 aromatic carbocycles. The lowest BCUT2D eigenvalue weighted by molar-refractivity contribution is -0.272. The van der Waals surface area contributed by atoms with Gasteiger partial charge in [0.05, 0.1) is 11.7 Å². The van der Waals surface area contributed by atoms with Gasteiger partial charge in [0.1, 0.15) is 11.9 Å². The highest BCUT2D eigenvalue weighted by molar-refractivity contribution is 5.89. The minimum Gasteiger partial charge on any atom is -0.491 e. The van der Waals surface area contributed by atoms with E-state index in [0.29, 0.717) is 5.56 Å². The summed E-state index contributed by atoms with van der Waals surface area (Å²) in [6.07, 6.45) is 4.39. The summed E-state index contributed by atoms with van der Waals surface area (Å²) in [5, 5.41) is 0. The van der Waals surface area contributed by atoms with Crippen molar-refractivity contribution >= 4 is 5.97 Å². The van der Waals surface area contributed by atoms with Crippen LogP contribution in [-0.4, -0.2) is 18.2 Å². The molecule has 0 bridgehead atoms. The number of hydrogen-bond donors (Lipinski definition) is 0. The van der Waals surface area contributed by atoms with Crippen LogP contribution in [0.2, 0.25) is 0 Å². The van der Waals surface area contributed by atoms with Gasteiger partial charge < -0.3 is 4.74 Å². The molecule has 0 amide bonds. The lowest BCUT2D eigenvalue weighted by atomic mass is 10.2. The quantitative estimate of drug-likeness (QED) is 0.603. The topological polar surface area (TPSA) is 44.8 Å². The van der Waals surface area contributed by atoms with Gasteiger partial charge in [-0.05, 0) is 51.0 Å². The SMILES string of the molecule is CC(C)Oc1ccc(C(=O)OOC2CCCC2)cc1. The Balaban J connectivity index is 1.84. The summed E-state index contributed by atoms with van der Waals surface area (Å²) in [6.45, 7) is 3.91. The summed E-state index contributed by atoms with van der Waals surface area (Å²) in [6, 6.07) is 6.87. The Morgan fingerprint density at radius 2 is 1.79 bits per heavy atom. The average Bonchev–Trinajstić information content (AvgIpc) is 2.89. The van der Waals surface area contributed by atoms with E-state index in [1.165, 1.54) is 0 Å². The van der Waals surface area contributed by atoms with Crippen molar-refractivity contribution in [1.29, 1.82) is 0 Å². The van der Waals surface area contributed by atoms with Gasteiger partial charge in [0.2, 0.25) is 0 Å². The van der Waals surface area contributed by atoms with Crippen LogP contribution in [0.5, 0.6) is 5.75 Å². The minimum atomic E-state index is -0.456. The highest BCUT2D eigenvalue weighted by Crippen LogP contribution is 2.21. The minimum absolute atomic E-state index is 0.0625. The van der Waals surface area contributed by atoms with Crippen molar-refractivity contribution in [1.82, 2.24) is 0 Å². The second-order valence-electron chi connectivity index (χ2n) is 5.06. The van der Waals surface area contributed by atoms with E-state index in [1.54, 1.807) is 24.3 Å². The molecule has 0 atom stereocenters.